The van der Waals surface area contributed by atoms with Crippen molar-refractivity contribution in [3.05, 3.63) is 0 Å². The summed E-state index contributed by atoms with van der Waals surface area (Å²) < 4.78 is 5.04. The van der Waals surface area contributed by atoms with E-state index < -0.39 is 0 Å². The molecule has 2 unspecified atom stereocenters. The van der Waals surface area contributed by atoms with Gasteiger partial charge in [-0.15, -0.1) is 0 Å². The van der Waals surface area contributed by atoms with Crippen LogP contribution in [0.4, 0.5) is 0 Å². The third kappa shape index (κ3) is 1.26. The molecule has 2 nitrogen and oxygen atoms in total. The molecule has 0 aliphatic heterocycles. The van der Waals surface area contributed by atoms with E-state index in [4.69, 9.17) is 4.74 Å². The summed E-state index contributed by atoms with van der Waals surface area (Å²) in [5, 5.41) is 0. The largest absolute Gasteiger partial charge is 0.469 e. The Balaban J connectivity index is 1.96. The highest BCUT2D eigenvalue weighted by atomic mass is 16.5. The van der Waals surface area contributed by atoms with Gasteiger partial charge in [-0.25, -0.2) is 0 Å². The fourth-order valence-electron chi connectivity index (χ4n) is 5.18. The van der Waals surface area contributed by atoms with Gasteiger partial charge in [-0.3, -0.25) is 4.79 Å². The minimum atomic E-state index is -0.0897. The molecule has 15 heavy (non-hydrogen) atoms. The fourth-order valence-corrected chi connectivity index (χ4v) is 5.18. The molecule has 0 aromatic heterocycles. The maximum Gasteiger partial charge on any atom is 0.311 e. The van der Waals surface area contributed by atoms with Crippen LogP contribution in [0.15, 0.2) is 0 Å². The predicted octanol–water partition coefficient (Wildman–Crippen LogP) is 2.77. The third-order valence-corrected chi connectivity index (χ3v) is 4.97. The summed E-state index contributed by atoms with van der Waals surface area (Å²) in [4.78, 5) is 12.0. The van der Waals surface area contributed by atoms with Crippen LogP contribution in [0.3, 0.4) is 0 Å². The molecule has 0 N–H and O–H groups in total. The van der Waals surface area contributed by atoms with Crippen molar-refractivity contribution in [2.75, 3.05) is 7.11 Å². The lowest BCUT2D eigenvalue weighted by atomic mass is 9.44. The van der Waals surface area contributed by atoms with Crippen LogP contribution in [0.5, 0.6) is 0 Å². The molecule has 4 aliphatic rings. The van der Waals surface area contributed by atoms with Gasteiger partial charge in [0.1, 0.15) is 0 Å². The van der Waals surface area contributed by atoms with Gasteiger partial charge in [0, 0.05) is 0 Å². The second-order valence-electron chi connectivity index (χ2n) is 6.54. The average Bonchev–Trinajstić information content (AvgIpc) is 2.12. The molecule has 4 rings (SSSR count). The molecule has 0 aromatic carbocycles. The molecular formula is C13H20O2. The molecule has 84 valence electrons. The number of rotatable bonds is 1. The number of carbonyl (C=O) groups excluding carboxylic acids is 1. The Hall–Kier alpha value is -0.530. The van der Waals surface area contributed by atoms with Gasteiger partial charge in [-0.1, -0.05) is 6.92 Å². The highest BCUT2D eigenvalue weighted by molar-refractivity contribution is 5.77. The first-order valence-corrected chi connectivity index (χ1v) is 6.14. The molecule has 2 atom stereocenters. The molecule has 4 bridgehead atoms. The summed E-state index contributed by atoms with van der Waals surface area (Å²) in [6.07, 6.45) is 7.36. The molecular weight excluding hydrogens is 188 g/mol. The van der Waals surface area contributed by atoms with E-state index in [1.165, 1.54) is 19.3 Å². The van der Waals surface area contributed by atoms with E-state index >= 15 is 0 Å². The molecule has 4 aliphatic carbocycles. The van der Waals surface area contributed by atoms with Crippen LogP contribution in [0, 0.1) is 22.7 Å². The molecule has 4 saturated carbocycles. The minimum absolute atomic E-state index is 0.0721. The molecule has 0 aromatic rings. The lowest BCUT2D eigenvalue weighted by Gasteiger charge is -2.59. The standard InChI is InChI=1S/C13H20O2/c1-12-4-9-3-10(5-12)7-13(6-9,8-12)11(14)15-2/h9-10H,3-8H2,1-2H3. The highest BCUT2D eigenvalue weighted by Crippen LogP contribution is 2.65. The third-order valence-electron chi connectivity index (χ3n) is 4.97. The van der Waals surface area contributed by atoms with Gasteiger partial charge in [-0.05, 0) is 55.8 Å². The van der Waals surface area contributed by atoms with Crippen molar-refractivity contribution in [2.24, 2.45) is 22.7 Å². The molecule has 2 heteroatoms. The Morgan fingerprint density at radius 2 is 1.80 bits per heavy atom. The van der Waals surface area contributed by atoms with Gasteiger partial charge in [0.05, 0.1) is 12.5 Å². The Kier molecular flexibility index (Phi) is 1.79. The number of ether oxygens (including phenoxy) is 1. The SMILES string of the molecule is COC(=O)C12CC3CC(CC(C)(C3)C1)C2. The first-order chi connectivity index (χ1) is 7.05. The quantitative estimate of drug-likeness (QED) is 0.619. The molecule has 0 radical (unpaired) electrons. The number of hydrogen-bond acceptors (Lipinski definition) is 2. The predicted molar refractivity (Wildman–Crippen MR) is 57.2 cm³/mol. The zero-order valence-corrected chi connectivity index (χ0v) is 9.71. The van der Waals surface area contributed by atoms with Crippen molar-refractivity contribution in [1.29, 1.82) is 0 Å². The maximum atomic E-state index is 12.0. The molecule has 0 saturated heterocycles. The second kappa shape index (κ2) is 2.78. The van der Waals surface area contributed by atoms with Gasteiger partial charge in [0.25, 0.3) is 0 Å². The fraction of sp³-hybridized carbons (Fsp3) is 0.923. The second-order valence-corrected chi connectivity index (χ2v) is 6.54. The lowest BCUT2D eigenvalue weighted by molar-refractivity contribution is -0.176. The monoisotopic (exact) mass is 208 g/mol. The van der Waals surface area contributed by atoms with Gasteiger partial charge in [0.2, 0.25) is 0 Å². The van der Waals surface area contributed by atoms with Crippen molar-refractivity contribution < 1.29 is 9.53 Å². The van der Waals surface area contributed by atoms with E-state index in [-0.39, 0.29) is 11.4 Å². The first-order valence-electron chi connectivity index (χ1n) is 6.14. The summed E-state index contributed by atoms with van der Waals surface area (Å²) in [6, 6.07) is 0. The summed E-state index contributed by atoms with van der Waals surface area (Å²) >= 11 is 0. The smallest absolute Gasteiger partial charge is 0.311 e. The average molecular weight is 208 g/mol. The van der Waals surface area contributed by atoms with Gasteiger partial charge in [0.15, 0.2) is 0 Å². The summed E-state index contributed by atoms with van der Waals surface area (Å²) in [6.45, 7) is 2.38. The van der Waals surface area contributed by atoms with E-state index in [0.717, 1.165) is 31.1 Å². The van der Waals surface area contributed by atoms with Crippen LogP contribution in [0.1, 0.15) is 45.4 Å². The van der Waals surface area contributed by atoms with Crippen molar-refractivity contribution in [2.45, 2.75) is 45.4 Å². The van der Waals surface area contributed by atoms with Crippen LogP contribution in [0.25, 0.3) is 0 Å². The number of carbonyl (C=O) groups is 1. The number of hydrogen-bond donors (Lipinski definition) is 0. The Labute approximate surface area is 91.4 Å². The van der Waals surface area contributed by atoms with Gasteiger partial charge in [-0.2, -0.15) is 0 Å². The van der Waals surface area contributed by atoms with E-state index in [9.17, 15) is 4.79 Å². The summed E-state index contributed by atoms with van der Waals surface area (Å²) in [5.74, 6) is 1.67. The topological polar surface area (TPSA) is 26.3 Å². The van der Waals surface area contributed by atoms with Gasteiger partial charge >= 0.3 is 5.97 Å². The Morgan fingerprint density at radius 1 is 1.20 bits per heavy atom. The molecule has 4 fully saturated rings. The number of methoxy groups -OCH3 is 1. The minimum Gasteiger partial charge on any atom is -0.469 e. The van der Waals surface area contributed by atoms with Crippen LogP contribution in [0.2, 0.25) is 0 Å². The van der Waals surface area contributed by atoms with Gasteiger partial charge < -0.3 is 4.74 Å². The van der Waals surface area contributed by atoms with E-state index in [1.807, 2.05) is 0 Å². The van der Waals surface area contributed by atoms with E-state index in [1.54, 1.807) is 7.11 Å². The normalized spacial score (nSPS) is 51.9. The van der Waals surface area contributed by atoms with Crippen molar-refractivity contribution in [1.82, 2.24) is 0 Å². The Morgan fingerprint density at radius 3 is 2.27 bits per heavy atom. The maximum absolute atomic E-state index is 12.0. The highest BCUT2D eigenvalue weighted by Gasteiger charge is 2.59. The molecule has 0 spiro atoms. The Bertz CT molecular complexity index is 294. The molecule has 0 heterocycles. The van der Waals surface area contributed by atoms with Crippen LogP contribution < -0.4 is 0 Å². The van der Waals surface area contributed by atoms with E-state index in [0.29, 0.717) is 5.41 Å². The van der Waals surface area contributed by atoms with Crippen LogP contribution >= 0.6 is 0 Å². The van der Waals surface area contributed by atoms with Crippen LogP contribution in [-0.2, 0) is 9.53 Å². The van der Waals surface area contributed by atoms with E-state index in [2.05, 4.69) is 6.92 Å². The van der Waals surface area contributed by atoms with Crippen molar-refractivity contribution in [3.63, 3.8) is 0 Å². The van der Waals surface area contributed by atoms with Crippen molar-refractivity contribution >= 4 is 5.97 Å². The lowest BCUT2D eigenvalue weighted by Crippen LogP contribution is -2.54. The summed E-state index contributed by atoms with van der Waals surface area (Å²) in [5.41, 5.74) is 0.353. The van der Waals surface area contributed by atoms with Crippen LogP contribution in [-0.4, -0.2) is 13.1 Å². The zero-order chi connectivity index (χ0) is 10.7. The first kappa shape index (κ1) is 9.68. The zero-order valence-electron chi connectivity index (χ0n) is 9.71. The molecule has 0 amide bonds. The summed E-state index contributed by atoms with van der Waals surface area (Å²) in [7, 11) is 1.54. The van der Waals surface area contributed by atoms with Crippen molar-refractivity contribution in [3.8, 4) is 0 Å². The number of esters is 1.